The van der Waals surface area contributed by atoms with E-state index in [-0.39, 0.29) is 8.88 Å². The van der Waals surface area contributed by atoms with Gasteiger partial charge in [-0.1, -0.05) is 0 Å². The molecule has 0 aliphatic carbocycles. The van der Waals surface area contributed by atoms with Crippen LogP contribution in [0.15, 0.2) is 42.9 Å². The monoisotopic (exact) mass is 393 g/mol. The number of hydrogen-bond donors (Lipinski definition) is 2. The third-order valence-corrected chi connectivity index (χ3v) is 5.03. The number of carbonyl (C=O) groups excluding carboxylic acids is 1. The first kappa shape index (κ1) is 17.4. The van der Waals surface area contributed by atoms with E-state index in [1.165, 1.54) is 6.33 Å². The SMILES string of the molecule is Cc1cc(NC(=O)n2ccc3cc(Oc4ncnc5c4CNC5)ccc32)nn1C.[HH].[HH]. The minimum Gasteiger partial charge on any atom is -0.439 e. The van der Waals surface area contributed by atoms with Crippen molar-refractivity contribution in [3.63, 3.8) is 0 Å². The topological polar surface area (TPSA) is 98.9 Å². The number of aryl methyl sites for hydroxylation is 2. The number of hydrogen-bond acceptors (Lipinski definition) is 6. The standard InChI is InChI=1S/C20H19N7O2.2H2/c1-12-7-18(25-26(12)2)24-20(28)27-6-5-13-8-14(3-4-17(13)27)29-19-15-9-21-10-16(15)22-11-23-19;;/h3-8,11,21H,9-10H2,1-2H3,(H,24,25,28);2*1H. The molecule has 4 aromatic rings. The molecule has 0 spiro atoms. The van der Waals surface area contributed by atoms with E-state index in [1.54, 1.807) is 15.4 Å². The van der Waals surface area contributed by atoms with Crippen LogP contribution in [0.25, 0.3) is 10.9 Å². The molecule has 1 aliphatic heterocycles. The first-order valence-corrected chi connectivity index (χ1v) is 9.23. The molecule has 29 heavy (non-hydrogen) atoms. The van der Waals surface area contributed by atoms with E-state index in [2.05, 4.69) is 25.7 Å². The zero-order valence-electron chi connectivity index (χ0n) is 16.0. The second-order valence-electron chi connectivity index (χ2n) is 6.94. The van der Waals surface area contributed by atoms with Gasteiger partial charge < -0.3 is 10.1 Å². The molecule has 0 atom stereocenters. The fraction of sp³-hybridized carbons (Fsp3) is 0.200. The summed E-state index contributed by atoms with van der Waals surface area (Å²) in [7, 11) is 1.83. The quantitative estimate of drug-likeness (QED) is 0.553. The summed E-state index contributed by atoms with van der Waals surface area (Å²) in [5.74, 6) is 1.73. The number of anilines is 1. The van der Waals surface area contributed by atoms with Gasteiger partial charge in [-0.05, 0) is 31.2 Å². The molecular formula is C20H23N7O2. The predicted octanol–water partition coefficient (Wildman–Crippen LogP) is 3.44. The van der Waals surface area contributed by atoms with Gasteiger partial charge in [-0.2, -0.15) is 5.10 Å². The van der Waals surface area contributed by atoms with Crippen LogP contribution in [0.1, 0.15) is 19.8 Å². The highest BCUT2D eigenvalue weighted by atomic mass is 16.5. The predicted molar refractivity (Wildman–Crippen MR) is 111 cm³/mol. The average Bonchev–Trinajstić information content (AvgIpc) is 3.41. The van der Waals surface area contributed by atoms with Crippen molar-refractivity contribution in [1.29, 1.82) is 0 Å². The second-order valence-corrected chi connectivity index (χ2v) is 6.94. The maximum absolute atomic E-state index is 12.7. The Morgan fingerprint density at radius 1 is 1.24 bits per heavy atom. The van der Waals surface area contributed by atoms with Crippen molar-refractivity contribution in [1.82, 2.24) is 29.6 Å². The van der Waals surface area contributed by atoms with E-state index in [1.807, 2.05) is 44.3 Å². The summed E-state index contributed by atoms with van der Waals surface area (Å²) in [6.45, 7) is 3.34. The fourth-order valence-electron chi connectivity index (χ4n) is 3.42. The van der Waals surface area contributed by atoms with E-state index >= 15 is 0 Å². The number of rotatable bonds is 3. The Labute approximate surface area is 169 Å². The summed E-state index contributed by atoms with van der Waals surface area (Å²) in [4.78, 5) is 21.2. The van der Waals surface area contributed by atoms with E-state index in [0.29, 0.717) is 24.0 Å². The van der Waals surface area contributed by atoms with Crippen LogP contribution >= 0.6 is 0 Å². The second kappa shape index (κ2) is 6.71. The van der Waals surface area contributed by atoms with Crippen LogP contribution in [0.4, 0.5) is 10.6 Å². The van der Waals surface area contributed by atoms with E-state index < -0.39 is 0 Å². The molecule has 0 fully saturated rings. The van der Waals surface area contributed by atoms with Gasteiger partial charge in [0.2, 0.25) is 5.88 Å². The van der Waals surface area contributed by atoms with Crippen molar-refractivity contribution in [2.45, 2.75) is 20.0 Å². The molecular weight excluding hydrogens is 370 g/mol. The van der Waals surface area contributed by atoms with Crippen molar-refractivity contribution >= 4 is 22.8 Å². The van der Waals surface area contributed by atoms with Gasteiger partial charge in [0.1, 0.15) is 12.1 Å². The molecule has 9 nitrogen and oxygen atoms in total. The molecule has 9 heteroatoms. The number of carbonyl (C=O) groups is 1. The summed E-state index contributed by atoms with van der Waals surface area (Å²) in [6, 6.07) is 9.00. The van der Waals surface area contributed by atoms with Crippen LogP contribution in [-0.4, -0.2) is 30.3 Å². The summed E-state index contributed by atoms with van der Waals surface area (Å²) in [5, 5.41) is 11.2. The number of ether oxygens (including phenoxy) is 1. The van der Waals surface area contributed by atoms with Crippen molar-refractivity contribution in [3.05, 3.63) is 59.8 Å². The third kappa shape index (κ3) is 3.11. The maximum Gasteiger partial charge on any atom is 0.331 e. The summed E-state index contributed by atoms with van der Waals surface area (Å²) < 4.78 is 9.26. The Morgan fingerprint density at radius 3 is 2.97 bits per heavy atom. The van der Waals surface area contributed by atoms with Crippen LogP contribution in [0.5, 0.6) is 11.6 Å². The van der Waals surface area contributed by atoms with Gasteiger partial charge in [-0.15, -0.1) is 0 Å². The number of nitrogens with one attached hydrogen (secondary N) is 2. The molecule has 2 N–H and O–H groups in total. The number of fused-ring (bicyclic) bond motifs is 2. The molecule has 1 aliphatic rings. The van der Waals surface area contributed by atoms with Crippen molar-refractivity contribution in [3.8, 4) is 11.6 Å². The lowest BCUT2D eigenvalue weighted by molar-refractivity contribution is 0.254. The van der Waals surface area contributed by atoms with Gasteiger partial charge in [0, 0.05) is 46.3 Å². The fourth-order valence-corrected chi connectivity index (χ4v) is 3.42. The first-order valence-electron chi connectivity index (χ1n) is 9.23. The third-order valence-electron chi connectivity index (χ3n) is 5.03. The largest absolute Gasteiger partial charge is 0.439 e. The Morgan fingerprint density at radius 2 is 2.14 bits per heavy atom. The summed E-state index contributed by atoms with van der Waals surface area (Å²) in [6.07, 6.45) is 3.24. The van der Waals surface area contributed by atoms with Gasteiger partial charge >= 0.3 is 6.03 Å². The lowest BCUT2D eigenvalue weighted by Gasteiger charge is -2.09. The summed E-state index contributed by atoms with van der Waals surface area (Å²) in [5.41, 5.74) is 3.68. The molecule has 4 heterocycles. The van der Waals surface area contributed by atoms with Gasteiger partial charge in [0.25, 0.3) is 0 Å². The molecule has 1 amide bonds. The molecule has 3 aromatic heterocycles. The highest BCUT2D eigenvalue weighted by Gasteiger charge is 2.18. The van der Waals surface area contributed by atoms with E-state index in [4.69, 9.17) is 4.74 Å². The number of amides is 1. The van der Waals surface area contributed by atoms with Crippen molar-refractivity contribution in [2.24, 2.45) is 7.05 Å². The summed E-state index contributed by atoms with van der Waals surface area (Å²) >= 11 is 0. The highest BCUT2D eigenvalue weighted by Crippen LogP contribution is 2.29. The zero-order valence-corrected chi connectivity index (χ0v) is 16.0. The van der Waals surface area contributed by atoms with Crippen molar-refractivity contribution in [2.75, 3.05) is 5.32 Å². The lowest BCUT2D eigenvalue weighted by Crippen LogP contribution is -2.18. The van der Waals surface area contributed by atoms with Crippen LogP contribution in [0.3, 0.4) is 0 Å². The normalized spacial score (nSPS) is 12.9. The van der Waals surface area contributed by atoms with Crippen LogP contribution in [0, 0.1) is 6.92 Å². The number of aromatic nitrogens is 5. The van der Waals surface area contributed by atoms with Gasteiger partial charge in [0.05, 0.1) is 16.8 Å². The van der Waals surface area contributed by atoms with Crippen LogP contribution < -0.4 is 15.4 Å². The first-order chi connectivity index (χ1) is 14.1. The minimum atomic E-state index is -0.272. The molecule has 0 bridgehead atoms. The maximum atomic E-state index is 12.7. The van der Waals surface area contributed by atoms with Gasteiger partial charge in [-0.25, -0.2) is 14.8 Å². The van der Waals surface area contributed by atoms with Gasteiger partial charge in [0.15, 0.2) is 5.82 Å². The molecule has 0 unspecified atom stereocenters. The Bertz CT molecular complexity index is 1230. The Balaban J connectivity index is 0.00000136. The number of nitrogens with zero attached hydrogens (tertiary/aromatic N) is 5. The zero-order chi connectivity index (χ0) is 20.0. The highest BCUT2D eigenvalue weighted by molar-refractivity contribution is 5.98. The van der Waals surface area contributed by atoms with E-state index in [0.717, 1.165) is 34.4 Å². The molecule has 0 saturated heterocycles. The lowest BCUT2D eigenvalue weighted by atomic mass is 10.2. The van der Waals surface area contributed by atoms with E-state index in [9.17, 15) is 4.79 Å². The Hall–Kier alpha value is -3.72. The number of benzene rings is 1. The molecule has 0 saturated carbocycles. The van der Waals surface area contributed by atoms with Crippen molar-refractivity contribution < 1.29 is 12.4 Å². The Kier molecular flexibility index (Phi) is 4.02. The smallest absolute Gasteiger partial charge is 0.331 e. The molecule has 1 aromatic carbocycles. The molecule has 0 radical (unpaired) electrons. The van der Waals surface area contributed by atoms with Crippen LogP contribution in [-0.2, 0) is 20.1 Å². The van der Waals surface area contributed by atoms with Crippen LogP contribution in [0.2, 0.25) is 0 Å². The minimum absolute atomic E-state index is 0. The molecule has 150 valence electrons. The molecule has 5 rings (SSSR count). The van der Waals surface area contributed by atoms with Gasteiger partial charge in [-0.3, -0.25) is 14.6 Å². The average molecular weight is 393 g/mol.